The maximum absolute atomic E-state index is 5.72. The Bertz CT molecular complexity index is 219. The molecule has 1 atom stereocenters. The van der Waals surface area contributed by atoms with E-state index >= 15 is 0 Å². The lowest BCUT2D eigenvalue weighted by molar-refractivity contribution is -0.124. The molecule has 3 heteroatoms. The third-order valence-electron chi connectivity index (χ3n) is 2.99. The first-order valence-corrected chi connectivity index (χ1v) is 5.32. The molecular formula is C11H19NO2. The average Bonchev–Trinajstić information content (AvgIpc) is 2.18. The van der Waals surface area contributed by atoms with E-state index in [9.17, 15) is 0 Å². The molecule has 1 saturated heterocycles. The summed E-state index contributed by atoms with van der Waals surface area (Å²) in [5.74, 6) is 0. The van der Waals surface area contributed by atoms with E-state index in [1.54, 1.807) is 0 Å². The van der Waals surface area contributed by atoms with Crippen molar-refractivity contribution in [3.05, 3.63) is 12.3 Å². The lowest BCUT2D eigenvalue weighted by Crippen LogP contribution is -2.51. The third kappa shape index (κ3) is 1.93. The van der Waals surface area contributed by atoms with Crippen molar-refractivity contribution in [3.63, 3.8) is 0 Å². The molecule has 0 aromatic heterocycles. The monoisotopic (exact) mass is 197 g/mol. The van der Waals surface area contributed by atoms with Crippen LogP contribution in [0.4, 0.5) is 0 Å². The van der Waals surface area contributed by atoms with Crippen LogP contribution in [-0.4, -0.2) is 37.4 Å². The van der Waals surface area contributed by atoms with Gasteiger partial charge in [-0.15, -0.1) is 0 Å². The minimum absolute atomic E-state index is 0.214. The van der Waals surface area contributed by atoms with Gasteiger partial charge in [0.1, 0.15) is 0 Å². The minimum Gasteiger partial charge on any atom is -0.482 e. The molecule has 0 saturated carbocycles. The molecule has 14 heavy (non-hydrogen) atoms. The predicted octanol–water partition coefficient (Wildman–Crippen LogP) is 1.60. The van der Waals surface area contributed by atoms with Crippen molar-refractivity contribution < 1.29 is 9.47 Å². The Morgan fingerprint density at radius 2 is 2.00 bits per heavy atom. The third-order valence-corrected chi connectivity index (χ3v) is 2.99. The molecule has 0 bridgehead atoms. The Balaban J connectivity index is 2.04. The maximum atomic E-state index is 5.72. The van der Waals surface area contributed by atoms with Gasteiger partial charge < -0.3 is 9.47 Å². The molecule has 0 aliphatic carbocycles. The zero-order valence-electron chi connectivity index (χ0n) is 9.03. The van der Waals surface area contributed by atoms with Crippen LogP contribution in [0.5, 0.6) is 0 Å². The minimum atomic E-state index is 0.214. The van der Waals surface area contributed by atoms with Gasteiger partial charge >= 0.3 is 0 Å². The number of allylic oxidation sites excluding steroid dienone is 1. The molecule has 2 heterocycles. The average molecular weight is 197 g/mol. The summed E-state index contributed by atoms with van der Waals surface area (Å²) in [4.78, 5) is 2.38. The van der Waals surface area contributed by atoms with Crippen molar-refractivity contribution >= 4 is 0 Å². The second-order valence-electron chi connectivity index (χ2n) is 4.70. The van der Waals surface area contributed by atoms with Crippen LogP contribution in [0.25, 0.3) is 0 Å². The first kappa shape index (κ1) is 9.99. The highest BCUT2D eigenvalue weighted by atomic mass is 16.5. The molecule has 2 aliphatic heterocycles. The molecule has 2 rings (SSSR count). The highest BCUT2D eigenvalue weighted by molar-refractivity contribution is 4.94. The fraction of sp³-hybridized carbons (Fsp3) is 0.818. The SMILES string of the molecule is CC1(C)CC=COC1N1CCOCC1. The van der Waals surface area contributed by atoms with Gasteiger partial charge in [-0.2, -0.15) is 0 Å². The van der Waals surface area contributed by atoms with Gasteiger partial charge in [0, 0.05) is 18.5 Å². The zero-order valence-corrected chi connectivity index (χ0v) is 9.03. The molecule has 0 spiro atoms. The number of morpholine rings is 1. The fourth-order valence-electron chi connectivity index (χ4n) is 2.16. The molecule has 0 aromatic carbocycles. The van der Waals surface area contributed by atoms with E-state index in [2.05, 4.69) is 24.8 Å². The standard InChI is InChI=1S/C11H19NO2/c1-11(2)4-3-7-14-10(11)12-5-8-13-9-6-12/h3,7,10H,4-6,8-9H2,1-2H3. The molecule has 0 radical (unpaired) electrons. The topological polar surface area (TPSA) is 21.7 Å². The van der Waals surface area contributed by atoms with Crippen LogP contribution in [0.15, 0.2) is 12.3 Å². The molecule has 0 aromatic rings. The van der Waals surface area contributed by atoms with Gasteiger partial charge in [0.15, 0.2) is 6.23 Å². The zero-order chi connectivity index (χ0) is 10.0. The molecular weight excluding hydrogens is 178 g/mol. The first-order chi connectivity index (χ1) is 6.70. The van der Waals surface area contributed by atoms with E-state index < -0.39 is 0 Å². The summed E-state index contributed by atoms with van der Waals surface area (Å²) >= 11 is 0. The van der Waals surface area contributed by atoms with Crippen molar-refractivity contribution in [1.82, 2.24) is 4.90 Å². The van der Waals surface area contributed by atoms with Crippen LogP contribution >= 0.6 is 0 Å². The Kier molecular flexibility index (Phi) is 2.79. The summed E-state index contributed by atoms with van der Waals surface area (Å²) in [5.41, 5.74) is 0.214. The Morgan fingerprint density at radius 1 is 1.29 bits per heavy atom. The lowest BCUT2D eigenvalue weighted by Gasteiger charge is -2.43. The van der Waals surface area contributed by atoms with E-state index in [0.29, 0.717) is 0 Å². The smallest absolute Gasteiger partial charge is 0.157 e. The summed E-state index contributed by atoms with van der Waals surface area (Å²) in [6.07, 6.45) is 5.26. The second-order valence-corrected chi connectivity index (χ2v) is 4.70. The number of ether oxygens (including phenoxy) is 2. The Morgan fingerprint density at radius 3 is 2.64 bits per heavy atom. The largest absolute Gasteiger partial charge is 0.482 e. The molecule has 1 unspecified atom stereocenters. The van der Waals surface area contributed by atoms with Gasteiger partial charge in [-0.3, -0.25) is 4.90 Å². The van der Waals surface area contributed by atoms with Gasteiger partial charge in [-0.05, 0) is 12.5 Å². The van der Waals surface area contributed by atoms with E-state index in [-0.39, 0.29) is 11.6 Å². The number of hydrogen-bond acceptors (Lipinski definition) is 3. The van der Waals surface area contributed by atoms with E-state index in [4.69, 9.17) is 9.47 Å². The van der Waals surface area contributed by atoms with Crippen molar-refractivity contribution in [2.45, 2.75) is 26.5 Å². The van der Waals surface area contributed by atoms with Gasteiger partial charge in [0.2, 0.25) is 0 Å². The number of rotatable bonds is 1. The van der Waals surface area contributed by atoms with E-state index in [1.165, 1.54) is 0 Å². The highest BCUT2D eigenvalue weighted by Gasteiger charge is 2.36. The van der Waals surface area contributed by atoms with Crippen LogP contribution in [0.2, 0.25) is 0 Å². The van der Waals surface area contributed by atoms with Gasteiger partial charge in [0.25, 0.3) is 0 Å². The molecule has 80 valence electrons. The van der Waals surface area contributed by atoms with Crippen LogP contribution in [0, 0.1) is 5.41 Å². The van der Waals surface area contributed by atoms with Gasteiger partial charge in [-0.25, -0.2) is 0 Å². The number of nitrogens with zero attached hydrogens (tertiary/aromatic N) is 1. The fourth-order valence-corrected chi connectivity index (χ4v) is 2.16. The van der Waals surface area contributed by atoms with E-state index in [1.807, 2.05) is 6.26 Å². The first-order valence-electron chi connectivity index (χ1n) is 5.32. The molecule has 3 nitrogen and oxygen atoms in total. The van der Waals surface area contributed by atoms with Crippen LogP contribution < -0.4 is 0 Å². The normalized spacial score (nSPS) is 32.6. The van der Waals surface area contributed by atoms with E-state index in [0.717, 1.165) is 32.7 Å². The van der Waals surface area contributed by atoms with Crippen molar-refractivity contribution in [3.8, 4) is 0 Å². The second kappa shape index (κ2) is 3.91. The summed E-state index contributed by atoms with van der Waals surface area (Å²) in [6.45, 7) is 8.16. The molecule has 0 N–H and O–H groups in total. The summed E-state index contributed by atoms with van der Waals surface area (Å²) in [6, 6.07) is 0. The van der Waals surface area contributed by atoms with Crippen LogP contribution in [0.1, 0.15) is 20.3 Å². The highest BCUT2D eigenvalue weighted by Crippen LogP contribution is 2.33. The van der Waals surface area contributed by atoms with Crippen molar-refractivity contribution in [2.24, 2.45) is 5.41 Å². The van der Waals surface area contributed by atoms with Crippen molar-refractivity contribution in [1.29, 1.82) is 0 Å². The lowest BCUT2D eigenvalue weighted by atomic mass is 9.85. The Labute approximate surface area is 85.7 Å². The van der Waals surface area contributed by atoms with Gasteiger partial charge in [0.05, 0.1) is 19.5 Å². The summed E-state index contributed by atoms with van der Waals surface area (Å²) < 4.78 is 11.1. The predicted molar refractivity (Wildman–Crippen MR) is 54.8 cm³/mol. The molecule has 1 fully saturated rings. The molecule has 2 aliphatic rings. The summed E-state index contributed by atoms with van der Waals surface area (Å²) in [5, 5.41) is 0. The quantitative estimate of drug-likeness (QED) is 0.637. The maximum Gasteiger partial charge on any atom is 0.157 e. The Hall–Kier alpha value is -0.540. The van der Waals surface area contributed by atoms with Crippen LogP contribution in [0.3, 0.4) is 0 Å². The van der Waals surface area contributed by atoms with Crippen molar-refractivity contribution in [2.75, 3.05) is 26.3 Å². The van der Waals surface area contributed by atoms with Crippen LogP contribution in [-0.2, 0) is 9.47 Å². The van der Waals surface area contributed by atoms with Gasteiger partial charge in [-0.1, -0.05) is 13.8 Å². The summed E-state index contributed by atoms with van der Waals surface area (Å²) in [7, 11) is 0. The number of hydrogen-bond donors (Lipinski definition) is 0. The molecule has 0 amide bonds.